The molecule has 0 unspecified atom stereocenters. The molecule has 0 aliphatic carbocycles. The molecule has 24 heavy (non-hydrogen) atoms. The Hall–Kier alpha value is -2.84. The summed E-state index contributed by atoms with van der Waals surface area (Å²) >= 11 is 11.9. The van der Waals surface area contributed by atoms with E-state index in [4.69, 9.17) is 23.2 Å². The molecule has 0 spiro atoms. The Bertz CT molecular complexity index is 761. The molecule has 122 valence electrons. The second-order valence-corrected chi connectivity index (χ2v) is 5.11. The number of non-ortho nitro benzene ring substituents is 2. The minimum Gasteiger partial charge on any atom is -0.258 e. The van der Waals surface area contributed by atoms with E-state index in [9.17, 15) is 20.2 Å². The van der Waals surface area contributed by atoms with Crippen LogP contribution in [-0.2, 0) is 0 Å². The van der Waals surface area contributed by atoms with E-state index in [1.54, 1.807) is 0 Å². The van der Waals surface area contributed by atoms with Crippen LogP contribution in [0.4, 0.5) is 11.4 Å². The monoisotopic (exact) mass is 366 g/mol. The van der Waals surface area contributed by atoms with Gasteiger partial charge in [0.05, 0.1) is 9.85 Å². The Balaban J connectivity index is 2.18. The van der Waals surface area contributed by atoms with Crippen molar-refractivity contribution >= 4 is 44.9 Å². The van der Waals surface area contributed by atoms with Crippen LogP contribution in [0.2, 0.25) is 0 Å². The Kier molecular flexibility index (Phi) is 5.56. The van der Waals surface area contributed by atoms with Crippen molar-refractivity contribution in [3.05, 3.63) is 79.9 Å². The molecule has 0 saturated carbocycles. The quantitative estimate of drug-likeness (QED) is 0.450. The number of nitrogens with zero attached hydrogens (tertiary/aromatic N) is 4. The van der Waals surface area contributed by atoms with Crippen molar-refractivity contribution in [2.75, 3.05) is 0 Å². The van der Waals surface area contributed by atoms with E-state index in [0.717, 1.165) is 0 Å². The molecule has 0 aliphatic heterocycles. The second kappa shape index (κ2) is 7.62. The highest BCUT2D eigenvalue weighted by Gasteiger charge is 2.08. The van der Waals surface area contributed by atoms with Gasteiger partial charge in [0, 0.05) is 35.4 Å². The van der Waals surface area contributed by atoms with Gasteiger partial charge in [-0.3, -0.25) is 20.2 Å². The topological polar surface area (TPSA) is 111 Å². The van der Waals surface area contributed by atoms with Crippen molar-refractivity contribution in [1.29, 1.82) is 0 Å². The first-order chi connectivity index (χ1) is 11.4. The fourth-order valence-corrected chi connectivity index (χ4v) is 1.97. The van der Waals surface area contributed by atoms with Gasteiger partial charge in [0.1, 0.15) is 0 Å². The van der Waals surface area contributed by atoms with Gasteiger partial charge in [-0.2, -0.15) is 0 Å². The van der Waals surface area contributed by atoms with E-state index >= 15 is 0 Å². The Labute approximate surface area is 145 Å². The SMILES string of the molecule is O=[N+]([O-])c1ccc(/C(Cl)=N/N=C(\Cl)c2ccc([N+](=O)[O-])cc2)cc1. The third kappa shape index (κ3) is 4.34. The molecule has 0 fully saturated rings. The van der Waals surface area contributed by atoms with Crippen LogP contribution in [0.5, 0.6) is 0 Å². The zero-order chi connectivity index (χ0) is 17.7. The molecule has 0 atom stereocenters. The Morgan fingerprint density at radius 2 is 1.00 bits per heavy atom. The van der Waals surface area contributed by atoms with Gasteiger partial charge in [-0.1, -0.05) is 23.2 Å². The molecule has 0 aromatic heterocycles. The van der Waals surface area contributed by atoms with Crippen LogP contribution in [0.1, 0.15) is 11.1 Å². The highest BCUT2D eigenvalue weighted by Crippen LogP contribution is 2.16. The number of benzene rings is 2. The third-order valence-electron chi connectivity index (χ3n) is 2.86. The van der Waals surface area contributed by atoms with Crippen molar-refractivity contribution in [3.63, 3.8) is 0 Å². The first kappa shape index (κ1) is 17.5. The van der Waals surface area contributed by atoms with Gasteiger partial charge in [0.25, 0.3) is 11.4 Å². The third-order valence-corrected chi connectivity index (χ3v) is 3.45. The summed E-state index contributed by atoms with van der Waals surface area (Å²) in [6, 6.07) is 10.9. The predicted octanol–water partition coefficient (Wildman–Crippen LogP) is 4.09. The Morgan fingerprint density at radius 3 is 1.25 bits per heavy atom. The fourth-order valence-electron chi connectivity index (χ4n) is 1.64. The van der Waals surface area contributed by atoms with E-state index < -0.39 is 9.85 Å². The molecular formula is C14H8Cl2N4O4. The largest absolute Gasteiger partial charge is 0.269 e. The smallest absolute Gasteiger partial charge is 0.258 e. The first-order valence-electron chi connectivity index (χ1n) is 6.35. The van der Waals surface area contributed by atoms with Gasteiger partial charge in [-0.15, -0.1) is 10.2 Å². The van der Waals surface area contributed by atoms with E-state index in [0.29, 0.717) is 11.1 Å². The van der Waals surface area contributed by atoms with Crippen LogP contribution in [0.25, 0.3) is 0 Å². The number of halogens is 2. The molecular weight excluding hydrogens is 359 g/mol. The average Bonchev–Trinajstić information content (AvgIpc) is 2.59. The standard InChI is InChI=1S/C14H8Cl2N4O4/c15-13(9-1-5-11(6-2-9)19(21)22)17-18-14(16)10-3-7-12(8-4-10)20(23)24/h1-8H/b17-13-,18-14-. The van der Waals surface area contributed by atoms with Crippen molar-refractivity contribution in [1.82, 2.24) is 0 Å². The van der Waals surface area contributed by atoms with Crippen LogP contribution >= 0.6 is 23.2 Å². The maximum atomic E-state index is 10.6. The summed E-state index contributed by atoms with van der Waals surface area (Å²) in [4.78, 5) is 20.1. The van der Waals surface area contributed by atoms with Crippen molar-refractivity contribution in [3.8, 4) is 0 Å². The predicted molar refractivity (Wildman–Crippen MR) is 91.0 cm³/mol. The molecule has 8 nitrogen and oxygen atoms in total. The second-order valence-electron chi connectivity index (χ2n) is 4.39. The molecule has 0 bridgehead atoms. The zero-order valence-corrected chi connectivity index (χ0v) is 13.3. The number of hydrogen-bond donors (Lipinski definition) is 0. The number of rotatable bonds is 5. The van der Waals surface area contributed by atoms with E-state index in [1.807, 2.05) is 0 Å². The summed E-state index contributed by atoms with van der Waals surface area (Å²) < 4.78 is 0. The van der Waals surface area contributed by atoms with Crippen molar-refractivity contribution < 1.29 is 9.85 Å². The summed E-state index contributed by atoms with van der Waals surface area (Å²) in [6.45, 7) is 0. The number of nitro groups is 2. The fraction of sp³-hybridized carbons (Fsp3) is 0. The van der Waals surface area contributed by atoms with Gasteiger partial charge >= 0.3 is 0 Å². The lowest BCUT2D eigenvalue weighted by Gasteiger charge is -1.98. The lowest BCUT2D eigenvalue weighted by atomic mass is 10.2. The number of hydrogen-bond acceptors (Lipinski definition) is 6. The maximum Gasteiger partial charge on any atom is 0.269 e. The van der Waals surface area contributed by atoms with E-state index in [-0.39, 0.29) is 21.7 Å². The van der Waals surface area contributed by atoms with Gasteiger partial charge in [-0.05, 0) is 24.3 Å². The summed E-state index contributed by atoms with van der Waals surface area (Å²) in [6.07, 6.45) is 0. The molecule has 2 rings (SSSR count). The summed E-state index contributed by atoms with van der Waals surface area (Å²) in [5.41, 5.74) is 0.713. The highest BCUT2D eigenvalue weighted by molar-refractivity contribution is 6.71. The van der Waals surface area contributed by atoms with Gasteiger partial charge in [0.2, 0.25) is 0 Å². The molecule has 0 saturated heterocycles. The van der Waals surface area contributed by atoms with Gasteiger partial charge in [0.15, 0.2) is 10.3 Å². The van der Waals surface area contributed by atoms with Gasteiger partial charge in [-0.25, -0.2) is 0 Å². The van der Waals surface area contributed by atoms with Crippen LogP contribution in [0.15, 0.2) is 58.7 Å². The van der Waals surface area contributed by atoms with Crippen molar-refractivity contribution in [2.45, 2.75) is 0 Å². The normalized spacial score (nSPS) is 12.1. The molecule has 0 heterocycles. The van der Waals surface area contributed by atoms with E-state index in [1.165, 1.54) is 48.5 Å². The molecule has 2 aromatic carbocycles. The molecule has 0 N–H and O–H groups in total. The maximum absolute atomic E-state index is 10.6. The van der Waals surface area contributed by atoms with Gasteiger partial charge < -0.3 is 0 Å². The minimum atomic E-state index is -0.529. The van der Waals surface area contributed by atoms with E-state index in [2.05, 4.69) is 10.2 Å². The minimum absolute atomic E-state index is 0.00930. The van der Waals surface area contributed by atoms with Crippen molar-refractivity contribution in [2.24, 2.45) is 10.2 Å². The Morgan fingerprint density at radius 1 is 0.708 bits per heavy atom. The first-order valence-corrected chi connectivity index (χ1v) is 7.10. The van der Waals surface area contributed by atoms with Crippen LogP contribution in [0, 0.1) is 20.2 Å². The zero-order valence-electron chi connectivity index (χ0n) is 11.8. The van der Waals surface area contributed by atoms with Crippen LogP contribution in [0.3, 0.4) is 0 Å². The molecule has 0 aliphatic rings. The molecule has 2 aromatic rings. The average molecular weight is 367 g/mol. The summed E-state index contributed by atoms with van der Waals surface area (Å²) in [5.74, 6) is 0. The van der Waals surface area contributed by atoms with Crippen LogP contribution in [-0.4, -0.2) is 20.2 Å². The summed E-state index contributed by atoms with van der Waals surface area (Å²) in [7, 11) is 0. The highest BCUT2D eigenvalue weighted by atomic mass is 35.5. The molecule has 0 amide bonds. The lowest BCUT2D eigenvalue weighted by molar-refractivity contribution is -0.385. The molecule has 0 radical (unpaired) electrons. The number of nitro benzene ring substituents is 2. The lowest BCUT2D eigenvalue weighted by Crippen LogP contribution is -1.95. The molecule has 10 heteroatoms. The summed E-state index contributed by atoms with van der Waals surface area (Å²) in [5, 5.41) is 28.6. The van der Waals surface area contributed by atoms with Crippen LogP contribution < -0.4 is 0 Å².